The van der Waals surface area contributed by atoms with Gasteiger partial charge in [0, 0.05) is 6.54 Å². The second-order valence-electron chi connectivity index (χ2n) is 2.26. The Kier molecular flexibility index (Phi) is 3.17. The highest BCUT2D eigenvalue weighted by atomic mass is 35.5. The predicted octanol–water partition coefficient (Wildman–Crippen LogP) is 1.58. The molecule has 0 saturated carbocycles. The molecule has 0 amide bonds. The molecule has 0 unspecified atom stereocenters. The standard InChI is InChI=1S/C7H8Cl2N2O2/c1-3-11-7(12)5(9)4(8)6(10-11)13-2/h3H2,1-2H3. The smallest absolute Gasteiger partial charge is 0.287 e. The van der Waals surface area contributed by atoms with Crippen molar-refractivity contribution in [1.29, 1.82) is 0 Å². The molecule has 72 valence electrons. The molecule has 1 rings (SSSR count). The van der Waals surface area contributed by atoms with Crippen molar-refractivity contribution in [2.24, 2.45) is 0 Å². The molecule has 0 spiro atoms. The van der Waals surface area contributed by atoms with Crippen LogP contribution in [0.3, 0.4) is 0 Å². The third-order valence-electron chi connectivity index (χ3n) is 1.51. The summed E-state index contributed by atoms with van der Waals surface area (Å²) in [6, 6.07) is 0. The highest BCUT2D eigenvalue weighted by molar-refractivity contribution is 6.42. The van der Waals surface area contributed by atoms with Crippen LogP contribution >= 0.6 is 23.2 Å². The first kappa shape index (κ1) is 10.3. The molecule has 0 atom stereocenters. The van der Waals surface area contributed by atoms with Gasteiger partial charge in [-0.2, -0.15) is 0 Å². The number of aromatic nitrogens is 2. The van der Waals surface area contributed by atoms with E-state index in [-0.39, 0.29) is 15.9 Å². The Bertz CT molecular complexity index is 375. The lowest BCUT2D eigenvalue weighted by atomic mass is 10.5. The average molecular weight is 223 g/mol. The quantitative estimate of drug-likeness (QED) is 0.764. The van der Waals surface area contributed by atoms with Crippen LogP contribution in [0, 0.1) is 0 Å². The molecule has 0 bridgehead atoms. The van der Waals surface area contributed by atoms with E-state index in [1.54, 1.807) is 6.92 Å². The Hall–Kier alpha value is -0.740. The van der Waals surface area contributed by atoms with Crippen LogP contribution in [0.5, 0.6) is 5.88 Å². The van der Waals surface area contributed by atoms with Crippen LogP contribution in [0.15, 0.2) is 4.79 Å². The number of aryl methyl sites for hydroxylation is 1. The van der Waals surface area contributed by atoms with E-state index < -0.39 is 5.56 Å². The summed E-state index contributed by atoms with van der Waals surface area (Å²) in [5, 5.41) is 3.83. The first-order chi connectivity index (χ1) is 6.11. The fourth-order valence-electron chi connectivity index (χ4n) is 0.845. The Morgan fingerprint density at radius 2 is 2.08 bits per heavy atom. The van der Waals surface area contributed by atoms with Crippen molar-refractivity contribution in [2.45, 2.75) is 13.5 Å². The van der Waals surface area contributed by atoms with Gasteiger partial charge in [0.05, 0.1) is 7.11 Å². The SMILES string of the molecule is CCn1nc(OC)c(Cl)c(Cl)c1=O. The zero-order chi connectivity index (χ0) is 10.0. The number of rotatable bonds is 2. The second kappa shape index (κ2) is 3.98. The molecule has 0 aliphatic heterocycles. The summed E-state index contributed by atoms with van der Waals surface area (Å²) in [6.07, 6.45) is 0. The maximum Gasteiger partial charge on any atom is 0.287 e. The van der Waals surface area contributed by atoms with E-state index in [1.165, 1.54) is 11.8 Å². The van der Waals surface area contributed by atoms with Crippen LogP contribution in [0.4, 0.5) is 0 Å². The summed E-state index contributed by atoms with van der Waals surface area (Å²) in [5.41, 5.74) is -0.407. The molecule has 4 nitrogen and oxygen atoms in total. The summed E-state index contributed by atoms with van der Waals surface area (Å²) in [5.74, 6) is 0.160. The normalized spacial score (nSPS) is 10.2. The van der Waals surface area contributed by atoms with E-state index >= 15 is 0 Å². The third kappa shape index (κ3) is 1.78. The fraction of sp³-hybridized carbons (Fsp3) is 0.429. The van der Waals surface area contributed by atoms with Crippen molar-refractivity contribution < 1.29 is 4.74 Å². The molecule has 0 fully saturated rings. The molecule has 1 heterocycles. The maximum absolute atomic E-state index is 11.3. The lowest BCUT2D eigenvalue weighted by molar-refractivity contribution is 0.378. The molecule has 0 radical (unpaired) electrons. The zero-order valence-corrected chi connectivity index (χ0v) is 8.69. The van der Waals surface area contributed by atoms with Gasteiger partial charge in [0.2, 0.25) is 0 Å². The van der Waals surface area contributed by atoms with Crippen molar-refractivity contribution in [3.63, 3.8) is 0 Å². The molecule has 0 aromatic carbocycles. The summed E-state index contributed by atoms with van der Waals surface area (Å²) in [7, 11) is 1.41. The molecule has 1 aromatic heterocycles. The van der Waals surface area contributed by atoms with Gasteiger partial charge in [-0.1, -0.05) is 23.2 Å². The van der Waals surface area contributed by atoms with Gasteiger partial charge in [-0.05, 0) is 6.92 Å². The summed E-state index contributed by atoms with van der Waals surface area (Å²) < 4.78 is 6.02. The van der Waals surface area contributed by atoms with Gasteiger partial charge >= 0.3 is 0 Å². The van der Waals surface area contributed by atoms with Crippen molar-refractivity contribution in [3.8, 4) is 5.88 Å². The Morgan fingerprint density at radius 3 is 2.54 bits per heavy atom. The molecule has 13 heavy (non-hydrogen) atoms. The van der Waals surface area contributed by atoms with Crippen LogP contribution in [0.25, 0.3) is 0 Å². The number of hydrogen-bond donors (Lipinski definition) is 0. The number of nitrogens with zero attached hydrogens (tertiary/aromatic N) is 2. The van der Waals surface area contributed by atoms with Gasteiger partial charge in [-0.15, -0.1) is 5.10 Å². The van der Waals surface area contributed by atoms with E-state index in [4.69, 9.17) is 27.9 Å². The molecule has 0 N–H and O–H groups in total. The summed E-state index contributed by atoms with van der Waals surface area (Å²) in [4.78, 5) is 11.3. The van der Waals surface area contributed by atoms with E-state index in [1.807, 2.05) is 0 Å². The molecule has 6 heteroatoms. The Morgan fingerprint density at radius 1 is 1.46 bits per heavy atom. The second-order valence-corrected chi connectivity index (χ2v) is 3.01. The topological polar surface area (TPSA) is 44.1 Å². The molecular weight excluding hydrogens is 215 g/mol. The lowest BCUT2D eigenvalue weighted by Gasteiger charge is -2.06. The molecule has 0 saturated heterocycles. The van der Waals surface area contributed by atoms with Gasteiger partial charge in [0.15, 0.2) is 0 Å². The minimum absolute atomic E-state index is 0.0545. The summed E-state index contributed by atoms with van der Waals surface area (Å²) in [6.45, 7) is 2.20. The van der Waals surface area contributed by atoms with Crippen molar-refractivity contribution in [1.82, 2.24) is 9.78 Å². The minimum Gasteiger partial charge on any atom is -0.479 e. The van der Waals surface area contributed by atoms with E-state index in [0.29, 0.717) is 6.54 Å². The third-order valence-corrected chi connectivity index (χ3v) is 2.31. The van der Waals surface area contributed by atoms with Crippen LogP contribution in [0.2, 0.25) is 10.0 Å². The monoisotopic (exact) mass is 222 g/mol. The molecule has 1 aromatic rings. The Labute approximate surface area is 85.0 Å². The van der Waals surface area contributed by atoms with Gasteiger partial charge in [-0.25, -0.2) is 4.68 Å². The molecular formula is C7H8Cl2N2O2. The first-order valence-electron chi connectivity index (χ1n) is 3.62. The van der Waals surface area contributed by atoms with Gasteiger partial charge in [0.25, 0.3) is 11.4 Å². The van der Waals surface area contributed by atoms with Crippen LogP contribution in [-0.4, -0.2) is 16.9 Å². The van der Waals surface area contributed by atoms with Crippen LogP contribution in [-0.2, 0) is 6.54 Å². The van der Waals surface area contributed by atoms with E-state index in [0.717, 1.165) is 0 Å². The van der Waals surface area contributed by atoms with Crippen LogP contribution < -0.4 is 10.3 Å². The van der Waals surface area contributed by atoms with Crippen molar-refractivity contribution >= 4 is 23.2 Å². The number of hydrogen-bond acceptors (Lipinski definition) is 3. The average Bonchev–Trinajstić information content (AvgIpc) is 2.15. The zero-order valence-electron chi connectivity index (χ0n) is 7.17. The van der Waals surface area contributed by atoms with Crippen molar-refractivity contribution in [3.05, 3.63) is 20.4 Å². The van der Waals surface area contributed by atoms with Gasteiger partial charge in [0.1, 0.15) is 10.0 Å². The fourth-order valence-corrected chi connectivity index (χ4v) is 1.22. The number of halogens is 2. The highest BCUT2D eigenvalue weighted by Gasteiger charge is 2.13. The first-order valence-corrected chi connectivity index (χ1v) is 4.37. The minimum atomic E-state index is -0.407. The van der Waals surface area contributed by atoms with Gasteiger partial charge in [-0.3, -0.25) is 4.79 Å². The molecule has 0 aliphatic carbocycles. The van der Waals surface area contributed by atoms with E-state index in [9.17, 15) is 4.79 Å². The Balaban J connectivity index is 3.46. The number of methoxy groups -OCH3 is 1. The van der Waals surface area contributed by atoms with Crippen molar-refractivity contribution in [2.75, 3.05) is 7.11 Å². The molecule has 0 aliphatic rings. The lowest BCUT2D eigenvalue weighted by Crippen LogP contribution is -2.23. The van der Waals surface area contributed by atoms with E-state index in [2.05, 4.69) is 5.10 Å². The van der Waals surface area contributed by atoms with Gasteiger partial charge < -0.3 is 4.74 Å². The van der Waals surface area contributed by atoms with Crippen LogP contribution in [0.1, 0.15) is 6.92 Å². The largest absolute Gasteiger partial charge is 0.479 e. The summed E-state index contributed by atoms with van der Waals surface area (Å²) >= 11 is 11.4. The predicted molar refractivity (Wildman–Crippen MR) is 50.7 cm³/mol. The maximum atomic E-state index is 11.3. The number of ether oxygens (including phenoxy) is 1. The highest BCUT2D eigenvalue weighted by Crippen LogP contribution is 2.25.